The van der Waals surface area contributed by atoms with Gasteiger partial charge < -0.3 is 4.74 Å². The van der Waals surface area contributed by atoms with Gasteiger partial charge in [-0.05, 0) is 20.8 Å². The Morgan fingerprint density at radius 3 is 2.12 bits per heavy atom. The van der Waals surface area contributed by atoms with Gasteiger partial charge in [-0.2, -0.15) is 4.79 Å². The number of rotatable bonds is 0. The minimum absolute atomic E-state index is 0.135. The van der Waals surface area contributed by atoms with Crippen molar-refractivity contribution < 1.29 is 18.8 Å². The largest absolute Gasteiger partial charge is 0.516 e. The lowest BCUT2D eigenvalue weighted by atomic mass is 9.99. The highest BCUT2D eigenvalue weighted by Crippen LogP contribution is 2.41. The van der Waals surface area contributed by atoms with Gasteiger partial charge >= 0.3 is 6.09 Å². The topological polar surface area (TPSA) is 43.4 Å². The Morgan fingerprint density at radius 1 is 1.24 bits per heavy atom. The minimum atomic E-state index is -0.459. The number of piperidine rings is 1. The van der Waals surface area contributed by atoms with Crippen molar-refractivity contribution in [1.29, 1.82) is 0 Å². The summed E-state index contributed by atoms with van der Waals surface area (Å²) < 4.78 is 5.83. The van der Waals surface area contributed by atoms with Crippen LogP contribution >= 0.6 is 0 Å². The number of fused-ring (bicyclic) bond motifs is 2. The fourth-order valence-corrected chi connectivity index (χ4v) is 3.07. The Kier molecular flexibility index (Phi) is 2.81. The van der Waals surface area contributed by atoms with E-state index in [1.807, 2.05) is 27.8 Å². The summed E-state index contributed by atoms with van der Waals surface area (Å²) in [6.07, 6.45) is 2.83. The van der Waals surface area contributed by atoms with Crippen LogP contribution in [0, 0.1) is 0 Å². The molecule has 0 N–H and O–H groups in total. The van der Waals surface area contributed by atoms with Crippen LogP contribution in [-0.4, -0.2) is 41.1 Å². The number of quaternary nitrogens is 1. The van der Waals surface area contributed by atoms with Crippen molar-refractivity contribution in [2.75, 3.05) is 7.05 Å². The maximum Gasteiger partial charge on any atom is 0.516 e. The first-order valence-electron chi connectivity index (χ1n) is 6.34. The normalized spacial score (nSPS) is 37.1. The lowest BCUT2D eigenvalue weighted by Gasteiger charge is -2.41. The van der Waals surface area contributed by atoms with Gasteiger partial charge in [0.2, 0.25) is 0 Å². The van der Waals surface area contributed by atoms with Crippen LogP contribution in [0.25, 0.3) is 0 Å². The van der Waals surface area contributed by atoms with Crippen LogP contribution in [-0.2, 0) is 9.53 Å². The standard InChI is InChI=1S/C13H22NO3/c1-13(2,3)17-12(16)14(4)9-5-6-10(14)8-11(15)7-9/h9-10H,5-8H2,1-4H3/q+1. The molecule has 0 saturated carbocycles. The SMILES string of the molecule is CC(C)(C)OC(=O)[N+]1(C)C2CCC1CC(=O)C2. The molecule has 2 atom stereocenters. The lowest BCUT2D eigenvalue weighted by Crippen LogP contribution is -2.62. The molecule has 4 nitrogen and oxygen atoms in total. The Labute approximate surface area is 103 Å². The molecule has 0 aromatic rings. The van der Waals surface area contributed by atoms with E-state index >= 15 is 0 Å². The number of ketones is 1. The summed E-state index contributed by atoms with van der Waals surface area (Å²) in [4.78, 5) is 23.9. The quantitative estimate of drug-likeness (QED) is 0.610. The second-order valence-electron chi connectivity index (χ2n) is 6.46. The zero-order chi connectivity index (χ0) is 12.8. The average molecular weight is 240 g/mol. The van der Waals surface area contributed by atoms with Crippen molar-refractivity contribution in [1.82, 2.24) is 0 Å². The third kappa shape index (κ3) is 2.10. The third-order valence-corrected chi connectivity index (χ3v) is 4.06. The van der Waals surface area contributed by atoms with E-state index < -0.39 is 5.60 Å². The highest BCUT2D eigenvalue weighted by Gasteiger charge is 2.57. The van der Waals surface area contributed by atoms with Crippen LogP contribution in [0.4, 0.5) is 4.79 Å². The molecule has 2 aliphatic heterocycles. The molecule has 0 radical (unpaired) electrons. The molecule has 0 aromatic carbocycles. The van der Waals surface area contributed by atoms with Crippen LogP contribution in [0.5, 0.6) is 0 Å². The van der Waals surface area contributed by atoms with Gasteiger partial charge in [-0.1, -0.05) is 0 Å². The van der Waals surface area contributed by atoms with Crippen LogP contribution in [0.15, 0.2) is 0 Å². The summed E-state index contributed by atoms with van der Waals surface area (Å²) in [6.45, 7) is 5.65. The van der Waals surface area contributed by atoms with Crippen molar-refractivity contribution in [3.63, 3.8) is 0 Å². The number of Topliss-reactive ketones (excluding diaryl/α,β-unsaturated/α-hetero) is 1. The lowest BCUT2D eigenvalue weighted by molar-refractivity contribution is -0.876. The number of amides is 1. The second kappa shape index (κ2) is 3.80. The van der Waals surface area contributed by atoms with Gasteiger partial charge in [0.1, 0.15) is 23.5 Å². The molecule has 2 saturated heterocycles. The van der Waals surface area contributed by atoms with Crippen molar-refractivity contribution >= 4 is 11.9 Å². The molecule has 17 heavy (non-hydrogen) atoms. The van der Waals surface area contributed by atoms with E-state index in [-0.39, 0.29) is 18.2 Å². The van der Waals surface area contributed by atoms with Crippen molar-refractivity contribution in [3.05, 3.63) is 0 Å². The first kappa shape index (κ1) is 12.6. The third-order valence-electron chi connectivity index (χ3n) is 4.06. The molecule has 96 valence electrons. The van der Waals surface area contributed by atoms with E-state index in [1.165, 1.54) is 0 Å². The van der Waals surface area contributed by atoms with Crippen molar-refractivity contribution in [2.45, 2.75) is 64.1 Å². The molecule has 2 aliphatic rings. The zero-order valence-electron chi connectivity index (χ0n) is 11.2. The maximum atomic E-state index is 12.3. The van der Waals surface area contributed by atoms with Gasteiger partial charge in [0.15, 0.2) is 0 Å². The fourth-order valence-electron chi connectivity index (χ4n) is 3.07. The Hall–Kier alpha value is -0.900. The molecule has 1 amide bonds. The summed E-state index contributed by atoms with van der Waals surface area (Å²) in [6, 6.07) is 0.271. The molecular formula is C13H22NO3+. The molecule has 2 unspecified atom stereocenters. The molecule has 2 rings (SSSR count). The van der Waals surface area contributed by atoms with E-state index in [0.717, 1.165) is 12.8 Å². The molecule has 0 spiro atoms. The van der Waals surface area contributed by atoms with E-state index in [2.05, 4.69) is 0 Å². The number of hydrogen-bond acceptors (Lipinski definition) is 3. The monoisotopic (exact) mass is 240 g/mol. The molecule has 4 heteroatoms. The fraction of sp³-hybridized carbons (Fsp3) is 0.846. The van der Waals surface area contributed by atoms with Gasteiger partial charge in [0, 0.05) is 12.8 Å². The second-order valence-corrected chi connectivity index (χ2v) is 6.46. The number of nitrogens with zero attached hydrogens (tertiary/aromatic N) is 1. The molecule has 0 aliphatic carbocycles. The van der Waals surface area contributed by atoms with Gasteiger partial charge in [-0.15, -0.1) is 0 Å². The van der Waals surface area contributed by atoms with Gasteiger partial charge in [-0.3, -0.25) is 4.79 Å². The van der Waals surface area contributed by atoms with Crippen LogP contribution in [0.3, 0.4) is 0 Å². The maximum absolute atomic E-state index is 12.3. The number of ether oxygens (including phenoxy) is 1. The van der Waals surface area contributed by atoms with Crippen LogP contribution in [0.2, 0.25) is 0 Å². The summed E-state index contributed by atoms with van der Waals surface area (Å²) in [7, 11) is 1.93. The molecular weight excluding hydrogens is 218 g/mol. The Morgan fingerprint density at radius 2 is 1.71 bits per heavy atom. The highest BCUT2D eigenvalue weighted by molar-refractivity contribution is 5.81. The summed E-state index contributed by atoms with van der Waals surface area (Å²) in [5.41, 5.74) is -0.459. The van der Waals surface area contributed by atoms with Gasteiger partial charge in [0.05, 0.1) is 19.9 Å². The van der Waals surface area contributed by atoms with Crippen LogP contribution < -0.4 is 0 Å². The smallest absolute Gasteiger partial charge is 0.414 e. The molecule has 2 heterocycles. The molecule has 2 bridgehead atoms. The number of carbonyl (C=O) groups is 2. The molecule has 2 fully saturated rings. The van der Waals surface area contributed by atoms with Crippen LogP contribution in [0.1, 0.15) is 46.5 Å². The van der Waals surface area contributed by atoms with E-state index in [0.29, 0.717) is 23.1 Å². The minimum Gasteiger partial charge on any atom is -0.414 e. The first-order chi connectivity index (χ1) is 7.73. The number of hydrogen-bond donors (Lipinski definition) is 0. The predicted molar refractivity (Wildman–Crippen MR) is 63.5 cm³/mol. The van der Waals surface area contributed by atoms with E-state index in [9.17, 15) is 9.59 Å². The van der Waals surface area contributed by atoms with Gasteiger partial charge in [-0.25, -0.2) is 4.48 Å². The predicted octanol–water partition coefficient (Wildman–Crippen LogP) is 2.26. The average Bonchev–Trinajstić information content (AvgIpc) is 2.37. The summed E-state index contributed by atoms with van der Waals surface area (Å²) >= 11 is 0. The number of carbonyl (C=O) groups excluding carboxylic acids is 2. The van der Waals surface area contributed by atoms with Crippen molar-refractivity contribution in [2.24, 2.45) is 0 Å². The van der Waals surface area contributed by atoms with Gasteiger partial charge in [0.25, 0.3) is 0 Å². The van der Waals surface area contributed by atoms with E-state index in [4.69, 9.17) is 4.74 Å². The Bertz CT molecular complexity index is 340. The molecule has 0 aromatic heterocycles. The first-order valence-corrected chi connectivity index (χ1v) is 6.34. The summed E-state index contributed by atoms with van der Waals surface area (Å²) in [5.74, 6) is 0.302. The summed E-state index contributed by atoms with van der Waals surface area (Å²) in [5, 5.41) is 0. The zero-order valence-corrected chi connectivity index (χ0v) is 11.2. The van der Waals surface area contributed by atoms with Crippen molar-refractivity contribution in [3.8, 4) is 0 Å². The van der Waals surface area contributed by atoms with E-state index in [1.54, 1.807) is 0 Å². The highest BCUT2D eigenvalue weighted by atomic mass is 16.6. The Balaban J connectivity index is 2.20.